The summed E-state index contributed by atoms with van der Waals surface area (Å²) in [5.41, 5.74) is 3.20. The van der Waals surface area contributed by atoms with Gasteiger partial charge in [0.2, 0.25) is 0 Å². The molecule has 0 amide bonds. The normalized spacial score (nSPS) is 29.4. The highest BCUT2D eigenvalue weighted by atomic mass is 15.2. The van der Waals surface area contributed by atoms with Crippen molar-refractivity contribution in [1.82, 2.24) is 0 Å². The summed E-state index contributed by atoms with van der Waals surface area (Å²) in [5, 5.41) is 0. The van der Waals surface area contributed by atoms with Crippen LogP contribution in [0.25, 0.3) is 0 Å². The molecule has 0 bridgehead atoms. The second kappa shape index (κ2) is 3.80. The fourth-order valence-corrected chi connectivity index (χ4v) is 2.97. The lowest BCUT2D eigenvalue weighted by Crippen LogP contribution is -2.51. The second-order valence-corrected chi connectivity index (χ2v) is 5.73. The summed E-state index contributed by atoms with van der Waals surface area (Å²) < 4.78 is 0. The zero-order chi connectivity index (χ0) is 11.9. The molecule has 1 aliphatic heterocycles. The van der Waals surface area contributed by atoms with Crippen LogP contribution in [0.3, 0.4) is 0 Å². The number of fused-ring (bicyclic) bond motifs is 1. The first-order chi connectivity index (χ1) is 7.47. The van der Waals surface area contributed by atoms with Gasteiger partial charge in [-0.25, -0.2) is 0 Å². The number of para-hydroxylation sites is 1. The standard InChI is InChI=1S/C15H23N/c1-11(2)15(4)10-12(3)13-8-6-7-9-14(13)16(15)5/h6-9,11-12H,10H2,1-5H3/t12-,15?/m0/s1. The van der Waals surface area contributed by atoms with Gasteiger partial charge >= 0.3 is 0 Å². The van der Waals surface area contributed by atoms with Crippen molar-refractivity contribution in [2.24, 2.45) is 5.92 Å². The first kappa shape index (κ1) is 11.5. The molecule has 2 atom stereocenters. The first-order valence-corrected chi connectivity index (χ1v) is 6.29. The molecule has 0 saturated heterocycles. The zero-order valence-corrected chi connectivity index (χ0v) is 11.1. The van der Waals surface area contributed by atoms with Crippen molar-refractivity contribution < 1.29 is 0 Å². The quantitative estimate of drug-likeness (QED) is 0.686. The van der Waals surface area contributed by atoms with Gasteiger partial charge in [-0.05, 0) is 36.8 Å². The van der Waals surface area contributed by atoms with Crippen LogP contribution in [0, 0.1) is 5.92 Å². The van der Waals surface area contributed by atoms with Gasteiger partial charge in [-0.3, -0.25) is 0 Å². The number of hydrogen-bond donors (Lipinski definition) is 0. The second-order valence-electron chi connectivity index (χ2n) is 5.73. The molecule has 0 aliphatic carbocycles. The van der Waals surface area contributed by atoms with E-state index in [0.717, 1.165) is 0 Å². The fraction of sp³-hybridized carbons (Fsp3) is 0.600. The van der Waals surface area contributed by atoms with Crippen LogP contribution in [0.1, 0.15) is 45.6 Å². The minimum atomic E-state index is 0.285. The van der Waals surface area contributed by atoms with E-state index in [-0.39, 0.29) is 5.54 Å². The van der Waals surface area contributed by atoms with Crippen molar-refractivity contribution in [1.29, 1.82) is 0 Å². The molecule has 0 spiro atoms. The van der Waals surface area contributed by atoms with Gasteiger partial charge in [-0.2, -0.15) is 0 Å². The van der Waals surface area contributed by atoms with Gasteiger partial charge in [-0.1, -0.05) is 39.0 Å². The molecule has 1 unspecified atom stereocenters. The molecule has 0 saturated carbocycles. The van der Waals surface area contributed by atoms with Gasteiger partial charge in [-0.15, -0.1) is 0 Å². The molecule has 0 N–H and O–H groups in total. The minimum absolute atomic E-state index is 0.285. The summed E-state index contributed by atoms with van der Waals surface area (Å²) in [6.07, 6.45) is 1.25. The first-order valence-electron chi connectivity index (χ1n) is 6.29. The molecule has 1 aliphatic rings. The highest BCUT2D eigenvalue weighted by Gasteiger charge is 2.39. The summed E-state index contributed by atoms with van der Waals surface area (Å²) in [7, 11) is 2.24. The van der Waals surface area contributed by atoms with E-state index in [4.69, 9.17) is 0 Å². The Morgan fingerprint density at radius 3 is 2.56 bits per heavy atom. The van der Waals surface area contributed by atoms with E-state index in [1.807, 2.05) is 0 Å². The molecular formula is C15H23N. The van der Waals surface area contributed by atoms with Gasteiger partial charge < -0.3 is 4.90 Å². The van der Waals surface area contributed by atoms with Crippen molar-refractivity contribution >= 4 is 5.69 Å². The van der Waals surface area contributed by atoms with Crippen LogP contribution < -0.4 is 4.90 Å². The molecule has 0 fully saturated rings. The summed E-state index contributed by atoms with van der Waals surface area (Å²) in [6.45, 7) is 9.41. The maximum Gasteiger partial charge on any atom is 0.0403 e. The SMILES string of the molecule is CC(C)C1(C)C[C@H](C)c2ccccc2N1C. The smallest absolute Gasteiger partial charge is 0.0403 e. The average Bonchev–Trinajstić information content (AvgIpc) is 2.26. The predicted octanol–water partition coefficient (Wildman–Crippen LogP) is 4.04. The summed E-state index contributed by atoms with van der Waals surface area (Å²) >= 11 is 0. The molecule has 88 valence electrons. The Morgan fingerprint density at radius 1 is 1.31 bits per heavy atom. The number of rotatable bonds is 1. The Kier molecular flexibility index (Phi) is 2.73. The van der Waals surface area contributed by atoms with Gasteiger partial charge in [0.05, 0.1) is 0 Å². The van der Waals surface area contributed by atoms with Crippen LogP contribution in [0.5, 0.6) is 0 Å². The highest BCUT2D eigenvalue weighted by Crippen LogP contribution is 2.45. The minimum Gasteiger partial charge on any atom is -0.369 e. The molecule has 16 heavy (non-hydrogen) atoms. The van der Waals surface area contributed by atoms with Crippen LogP contribution in [-0.2, 0) is 0 Å². The fourth-order valence-electron chi connectivity index (χ4n) is 2.97. The maximum absolute atomic E-state index is 2.48. The van der Waals surface area contributed by atoms with E-state index in [0.29, 0.717) is 11.8 Å². The van der Waals surface area contributed by atoms with Crippen LogP contribution in [0.2, 0.25) is 0 Å². The summed E-state index contributed by atoms with van der Waals surface area (Å²) in [4.78, 5) is 2.48. The molecule has 1 aromatic carbocycles. The van der Waals surface area contributed by atoms with E-state index >= 15 is 0 Å². The molecule has 1 heterocycles. The maximum atomic E-state index is 2.48. The van der Waals surface area contributed by atoms with Crippen molar-refractivity contribution in [3.63, 3.8) is 0 Å². The van der Waals surface area contributed by atoms with Crippen molar-refractivity contribution in [2.45, 2.75) is 45.6 Å². The lowest BCUT2D eigenvalue weighted by Gasteiger charge is -2.50. The van der Waals surface area contributed by atoms with E-state index in [9.17, 15) is 0 Å². The van der Waals surface area contributed by atoms with Crippen molar-refractivity contribution in [3.8, 4) is 0 Å². The van der Waals surface area contributed by atoms with Crippen LogP contribution in [0.4, 0.5) is 5.69 Å². The predicted molar refractivity (Wildman–Crippen MR) is 71.1 cm³/mol. The molecule has 1 heteroatoms. The third-order valence-corrected chi connectivity index (χ3v) is 4.56. The highest BCUT2D eigenvalue weighted by molar-refractivity contribution is 5.59. The van der Waals surface area contributed by atoms with E-state index in [1.165, 1.54) is 17.7 Å². The third-order valence-electron chi connectivity index (χ3n) is 4.56. The largest absolute Gasteiger partial charge is 0.369 e. The Labute approximate surface area is 99.5 Å². The van der Waals surface area contributed by atoms with E-state index < -0.39 is 0 Å². The lowest BCUT2D eigenvalue weighted by molar-refractivity contribution is 0.273. The number of benzene rings is 1. The third kappa shape index (κ3) is 1.53. The van der Waals surface area contributed by atoms with Crippen molar-refractivity contribution in [3.05, 3.63) is 29.8 Å². The number of hydrogen-bond acceptors (Lipinski definition) is 1. The molecule has 1 nitrogen and oxygen atoms in total. The number of anilines is 1. The van der Waals surface area contributed by atoms with Crippen molar-refractivity contribution in [2.75, 3.05) is 11.9 Å². The van der Waals surface area contributed by atoms with Gasteiger partial charge in [0.15, 0.2) is 0 Å². The Bertz CT molecular complexity index is 383. The van der Waals surface area contributed by atoms with Gasteiger partial charge in [0, 0.05) is 18.3 Å². The zero-order valence-electron chi connectivity index (χ0n) is 11.1. The molecule has 0 aromatic heterocycles. The summed E-state index contributed by atoms with van der Waals surface area (Å²) in [6, 6.07) is 8.83. The van der Waals surface area contributed by atoms with Gasteiger partial charge in [0.25, 0.3) is 0 Å². The Balaban J connectivity index is 2.49. The Hall–Kier alpha value is -0.980. The lowest BCUT2D eigenvalue weighted by atomic mass is 9.73. The van der Waals surface area contributed by atoms with Crippen LogP contribution in [0.15, 0.2) is 24.3 Å². The average molecular weight is 217 g/mol. The topological polar surface area (TPSA) is 3.24 Å². The molecule has 2 rings (SSSR count). The monoisotopic (exact) mass is 217 g/mol. The van der Waals surface area contributed by atoms with Crippen LogP contribution in [-0.4, -0.2) is 12.6 Å². The molecular weight excluding hydrogens is 194 g/mol. The van der Waals surface area contributed by atoms with Crippen LogP contribution >= 0.6 is 0 Å². The molecule has 1 aromatic rings. The summed E-state index contributed by atoms with van der Waals surface area (Å²) in [5.74, 6) is 1.34. The van der Waals surface area contributed by atoms with E-state index in [1.54, 1.807) is 0 Å². The number of nitrogens with zero attached hydrogens (tertiary/aromatic N) is 1. The van der Waals surface area contributed by atoms with E-state index in [2.05, 4.69) is 63.9 Å². The van der Waals surface area contributed by atoms with Gasteiger partial charge in [0.1, 0.15) is 0 Å². The molecule has 0 radical (unpaired) electrons. The Morgan fingerprint density at radius 2 is 1.94 bits per heavy atom.